The Labute approximate surface area is 95.2 Å². The van der Waals surface area contributed by atoms with Gasteiger partial charge >= 0.3 is 0 Å². The van der Waals surface area contributed by atoms with Crippen LogP contribution in [0.1, 0.15) is 24.4 Å². The maximum atomic E-state index is 13.9. The second kappa shape index (κ2) is 4.80. The maximum Gasteiger partial charge on any atom is 0.146 e. The quantitative estimate of drug-likeness (QED) is 0.814. The molecule has 4 heteroatoms. The molecule has 2 rings (SSSR count). The minimum Gasteiger partial charge on any atom is -0.369 e. The fourth-order valence-corrected chi connectivity index (χ4v) is 2.10. The highest BCUT2D eigenvalue weighted by atomic mass is 19.1. The molecule has 0 aromatic heterocycles. The molecule has 0 radical (unpaired) electrons. The van der Waals surface area contributed by atoms with Gasteiger partial charge in [0.25, 0.3) is 0 Å². The minimum atomic E-state index is -0.276. The monoisotopic (exact) mass is 223 g/mol. The number of nitrogens with two attached hydrogens (primary N) is 2. The summed E-state index contributed by atoms with van der Waals surface area (Å²) in [6.45, 7) is 2.22. The number of hydrogen-bond acceptors (Lipinski definition) is 3. The minimum absolute atomic E-state index is 0.191. The predicted octanol–water partition coefficient (Wildman–Crippen LogP) is 1.38. The van der Waals surface area contributed by atoms with Crippen LogP contribution in [0.5, 0.6) is 0 Å². The summed E-state index contributed by atoms with van der Waals surface area (Å²) in [6.07, 6.45) is 2.28. The van der Waals surface area contributed by atoms with Crippen LogP contribution in [0, 0.1) is 5.82 Å². The molecule has 0 aliphatic carbocycles. The van der Waals surface area contributed by atoms with Crippen molar-refractivity contribution in [3.63, 3.8) is 0 Å². The third-order valence-electron chi connectivity index (χ3n) is 3.10. The summed E-state index contributed by atoms with van der Waals surface area (Å²) in [5.74, 6) is -0.191. The normalized spacial score (nSPS) is 17.8. The average Bonchev–Trinajstić information content (AvgIpc) is 2.81. The molecule has 1 heterocycles. The Kier molecular flexibility index (Phi) is 3.41. The molecule has 3 nitrogen and oxygen atoms in total. The van der Waals surface area contributed by atoms with E-state index in [1.165, 1.54) is 6.07 Å². The van der Waals surface area contributed by atoms with E-state index >= 15 is 0 Å². The highest BCUT2D eigenvalue weighted by molar-refractivity contribution is 5.50. The van der Waals surface area contributed by atoms with Crippen LogP contribution in [0.4, 0.5) is 10.1 Å². The van der Waals surface area contributed by atoms with E-state index in [4.69, 9.17) is 11.5 Å². The van der Waals surface area contributed by atoms with Crippen molar-refractivity contribution in [1.82, 2.24) is 0 Å². The van der Waals surface area contributed by atoms with Crippen molar-refractivity contribution < 1.29 is 4.39 Å². The van der Waals surface area contributed by atoms with Crippen molar-refractivity contribution in [3.8, 4) is 0 Å². The van der Waals surface area contributed by atoms with Gasteiger partial charge in [-0.05, 0) is 30.5 Å². The first-order valence-corrected chi connectivity index (χ1v) is 5.72. The molecule has 1 atom stereocenters. The summed E-state index contributed by atoms with van der Waals surface area (Å²) in [7, 11) is 0. The zero-order valence-electron chi connectivity index (χ0n) is 9.32. The molecular formula is C12H18FN3. The van der Waals surface area contributed by atoms with Gasteiger partial charge in [0.2, 0.25) is 0 Å². The standard InChI is InChI=1S/C12H18FN3/c13-10-7-9(11(15)8-14)3-4-12(10)16-5-1-2-6-16/h3-4,7,11H,1-2,5-6,8,14-15H2/t11-/m0/s1. The summed E-state index contributed by atoms with van der Waals surface area (Å²) in [5.41, 5.74) is 12.7. The van der Waals surface area contributed by atoms with Crippen molar-refractivity contribution in [3.05, 3.63) is 29.6 Å². The van der Waals surface area contributed by atoms with Crippen LogP contribution in [0.15, 0.2) is 18.2 Å². The van der Waals surface area contributed by atoms with Gasteiger partial charge in [-0.1, -0.05) is 6.07 Å². The number of anilines is 1. The van der Waals surface area contributed by atoms with E-state index in [-0.39, 0.29) is 11.9 Å². The van der Waals surface area contributed by atoms with Gasteiger partial charge in [0, 0.05) is 25.7 Å². The second-order valence-corrected chi connectivity index (χ2v) is 4.25. The first-order chi connectivity index (χ1) is 7.72. The van der Waals surface area contributed by atoms with Crippen LogP contribution in [0.3, 0.4) is 0 Å². The Morgan fingerprint density at radius 3 is 2.56 bits per heavy atom. The lowest BCUT2D eigenvalue weighted by Crippen LogP contribution is -2.22. The molecule has 1 aromatic rings. The van der Waals surface area contributed by atoms with E-state index in [1.54, 1.807) is 0 Å². The van der Waals surface area contributed by atoms with Crippen molar-refractivity contribution in [1.29, 1.82) is 0 Å². The van der Waals surface area contributed by atoms with Gasteiger partial charge in [-0.2, -0.15) is 0 Å². The van der Waals surface area contributed by atoms with Crippen LogP contribution in [-0.2, 0) is 0 Å². The molecule has 0 unspecified atom stereocenters. The maximum absolute atomic E-state index is 13.9. The van der Waals surface area contributed by atoms with Gasteiger partial charge < -0.3 is 16.4 Å². The van der Waals surface area contributed by atoms with Crippen molar-refractivity contribution in [2.45, 2.75) is 18.9 Å². The topological polar surface area (TPSA) is 55.3 Å². The van der Waals surface area contributed by atoms with Gasteiger partial charge in [-0.25, -0.2) is 4.39 Å². The third-order valence-corrected chi connectivity index (χ3v) is 3.10. The molecule has 1 fully saturated rings. The molecule has 1 aliphatic heterocycles. The highest BCUT2D eigenvalue weighted by Gasteiger charge is 2.16. The van der Waals surface area contributed by atoms with Crippen LogP contribution >= 0.6 is 0 Å². The highest BCUT2D eigenvalue weighted by Crippen LogP contribution is 2.25. The Morgan fingerprint density at radius 2 is 2.00 bits per heavy atom. The molecule has 1 saturated heterocycles. The lowest BCUT2D eigenvalue weighted by Gasteiger charge is -2.19. The van der Waals surface area contributed by atoms with Crippen LogP contribution in [-0.4, -0.2) is 19.6 Å². The Balaban J connectivity index is 2.22. The zero-order chi connectivity index (χ0) is 11.5. The third kappa shape index (κ3) is 2.18. The Hall–Kier alpha value is -1.13. The molecule has 88 valence electrons. The molecule has 0 amide bonds. The van der Waals surface area contributed by atoms with Crippen LogP contribution in [0.2, 0.25) is 0 Å². The summed E-state index contributed by atoms with van der Waals surface area (Å²) in [4.78, 5) is 2.08. The van der Waals surface area contributed by atoms with Crippen LogP contribution in [0.25, 0.3) is 0 Å². The van der Waals surface area contributed by atoms with Gasteiger partial charge in [0.15, 0.2) is 0 Å². The first kappa shape index (κ1) is 11.4. The molecule has 1 aliphatic rings. The van der Waals surface area contributed by atoms with E-state index in [0.29, 0.717) is 12.2 Å². The fraction of sp³-hybridized carbons (Fsp3) is 0.500. The lowest BCUT2D eigenvalue weighted by molar-refractivity contribution is 0.615. The summed E-state index contributed by atoms with van der Waals surface area (Å²) in [5, 5.41) is 0. The molecule has 0 spiro atoms. The number of benzene rings is 1. The Morgan fingerprint density at radius 1 is 1.31 bits per heavy atom. The fourth-order valence-electron chi connectivity index (χ4n) is 2.10. The van der Waals surface area contributed by atoms with E-state index in [0.717, 1.165) is 31.5 Å². The van der Waals surface area contributed by atoms with E-state index in [9.17, 15) is 4.39 Å². The molecule has 0 saturated carbocycles. The second-order valence-electron chi connectivity index (χ2n) is 4.25. The number of halogens is 1. The zero-order valence-corrected chi connectivity index (χ0v) is 9.32. The number of rotatable bonds is 3. The molecule has 0 bridgehead atoms. The van der Waals surface area contributed by atoms with Gasteiger partial charge in [-0.3, -0.25) is 0 Å². The molecular weight excluding hydrogens is 205 g/mol. The van der Waals surface area contributed by atoms with E-state index in [2.05, 4.69) is 4.90 Å². The van der Waals surface area contributed by atoms with Gasteiger partial charge in [-0.15, -0.1) is 0 Å². The van der Waals surface area contributed by atoms with Gasteiger partial charge in [0.1, 0.15) is 5.82 Å². The van der Waals surface area contributed by atoms with E-state index in [1.807, 2.05) is 12.1 Å². The van der Waals surface area contributed by atoms with Gasteiger partial charge in [0.05, 0.1) is 5.69 Å². The number of nitrogens with zero attached hydrogens (tertiary/aromatic N) is 1. The van der Waals surface area contributed by atoms with Crippen molar-refractivity contribution in [2.75, 3.05) is 24.5 Å². The first-order valence-electron chi connectivity index (χ1n) is 5.72. The molecule has 4 N–H and O–H groups in total. The summed E-state index contributed by atoms with van der Waals surface area (Å²) in [6, 6.07) is 4.91. The smallest absolute Gasteiger partial charge is 0.146 e. The molecule has 16 heavy (non-hydrogen) atoms. The molecule has 1 aromatic carbocycles. The summed E-state index contributed by atoms with van der Waals surface area (Å²) < 4.78 is 13.9. The SMILES string of the molecule is NC[C@H](N)c1ccc(N2CCCC2)c(F)c1. The van der Waals surface area contributed by atoms with Crippen molar-refractivity contribution >= 4 is 5.69 Å². The Bertz CT molecular complexity index is 361. The lowest BCUT2D eigenvalue weighted by atomic mass is 10.1. The van der Waals surface area contributed by atoms with E-state index < -0.39 is 0 Å². The number of hydrogen-bond donors (Lipinski definition) is 2. The largest absolute Gasteiger partial charge is 0.369 e. The summed E-state index contributed by atoms with van der Waals surface area (Å²) >= 11 is 0. The van der Waals surface area contributed by atoms with Crippen molar-refractivity contribution in [2.24, 2.45) is 11.5 Å². The van der Waals surface area contributed by atoms with Crippen LogP contribution < -0.4 is 16.4 Å². The average molecular weight is 223 g/mol. The predicted molar refractivity (Wildman–Crippen MR) is 63.8 cm³/mol.